The molecule has 0 aliphatic heterocycles. The Kier molecular flexibility index (Phi) is 8.76. The van der Waals surface area contributed by atoms with E-state index in [4.69, 9.17) is 9.47 Å². The molecule has 5 nitrogen and oxygen atoms in total. The van der Waals surface area contributed by atoms with E-state index >= 15 is 0 Å². The summed E-state index contributed by atoms with van der Waals surface area (Å²) in [5.74, 6) is 1.28. The molecule has 0 spiro atoms. The highest BCUT2D eigenvalue weighted by atomic mass is 35.5. The standard InChI is InChI=1S/C14H22N2O3.ClH/c1-10(15-2)9-16-14(17)8-11-12(18-3)6-5-7-13(11)19-4;/h5-7,10,15H,8-9H2,1-4H3,(H,16,17);1H. The maximum atomic E-state index is 11.9. The van der Waals surface area contributed by atoms with Gasteiger partial charge in [0.05, 0.1) is 20.6 Å². The van der Waals surface area contributed by atoms with Gasteiger partial charge in [-0.25, -0.2) is 0 Å². The summed E-state index contributed by atoms with van der Waals surface area (Å²) < 4.78 is 10.5. The number of ether oxygens (including phenoxy) is 2. The summed E-state index contributed by atoms with van der Waals surface area (Å²) in [5.41, 5.74) is 0.766. The van der Waals surface area contributed by atoms with Gasteiger partial charge in [0.25, 0.3) is 0 Å². The number of carbonyl (C=O) groups excluding carboxylic acids is 1. The summed E-state index contributed by atoms with van der Waals surface area (Å²) in [7, 11) is 5.03. The van der Waals surface area contributed by atoms with Gasteiger partial charge in [0.15, 0.2) is 0 Å². The first-order chi connectivity index (χ1) is 9.12. The number of rotatable bonds is 7. The molecule has 0 aromatic heterocycles. The molecule has 0 fully saturated rings. The Balaban J connectivity index is 0.00000361. The topological polar surface area (TPSA) is 59.6 Å². The van der Waals surface area contributed by atoms with Crippen molar-refractivity contribution in [2.45, 2.75) is 19.4 Å². The molecular formula is C14H23ClN2O3. The van der Waals surface area contributed by atoms with Gasteiger partial charge in [0.2, 0.25) is 5.91 Å². The van der Waals surface area contributed by atoms with Gasteiger partial charge in [-0.1, -0.05) is 6.07 Å². The molecule has 0 aliphatic rings. The van der Waals surface area contributed by atoms with E-state index in [1.165, 1.54) is 0 Å². The first-order valence-electron chi connectivity index (χ1n) is 6.26. The molecular weight excluding hydrogens is 280 g/mol. The van der Waals surface area contributed by atoms with Gasteiger partial charge in [-0.15, -0.1) is 12.4 Å². The Bertz CT molecular complexity index is 405. The molecule has 1 unspecified atom stereocenters. The second-order valence-corrected chi connectivity index (χ2v) is 4.31. The van der Waals surface area contributed by atoms with Crippen molar-refractivity contribution < 1.29 is 14.3 Å². The molecule has 1 rings (SSSR count). The highest BCUT2D eigenvalue weighted by Crippen LogP contribution is 2.28. The van der Waals surface area contributed by atoms with E-state index in [1.807, 2.05) is 32.2 Å². The third-order valence-electron chi connectivity index (χ3n) is 2.97. The predicted octanol–water partition coefficient (Wildman–Crippen LogP) is 1.39. The SMILES string of the molecule is CNC(C)CNC(=O)Cc1c(OC)cccc1OC.Cl. The maximum absolute atomic E-state index is 11.9. The number of amides is 1. The lowest BCUT2D eigenvalue weighted by molar-refractivity contribution is -0.120. The summed E-state index contributed by atoms with van der Waals surface area (Å²) in [6.07, 6.45) is 0.240. The number of halogens is 1. The zero-order valence-corrected chi connectivity index (χ0v) is 13.2. The number of benzene rings is 1. The number of hydrogen-bond donors (Lipinski definition) is 2. The zero-order chi connectivity index (χ0) is 14.3. The smallest absolute Gasteiger partial charge is 0.224 e. The van der Waals surface area contributed by atoms with Gasteiger partial charge in [-0.3, -0.25) is 4.79 Å². The van der Waals surface area contributed by atoms with Crippen LogP contribution >= 0.6 is 12.4 Å². The fraction of sp³-hybridized carbons (Fsp3) is 0.500. The molecule has 1 aromatic rings. The number of nitrogens with one attached hydrogen (secondary N) is 2. The van der Waals surface area contributed by atoms with Crippen LogP contribution in [0.15, 0.2) is 18.2 Å². The fourth-order valence-corrected chi connectivity index (χ4v) is 1.69. The van der Waals surface area contributed by atoms with E-state index in [9.17, 15) is 4.79 Å². The summed E-state index contributed by atoms with van der Waals surface area (Å²) in [4.78, 5) is 11.9. The van der Waals surface area contributed by atoms with E-state index in [0.29, 0.717) is 18.0 Å². The lowest BCUT2D eigenvalue weighted by Gasteiger charge is -2.14. The van der Waals surface area contributed by atoms with E-state index in [-0.39, 0.29) is 30.8 Å². The van der Waals surface area contributed by atoms with Crippen molar-refractivity contribution in [3.8, 4) is 11.5 Å². The van der Waals surface area contributed by atoms with E-state index in [1.54, 1.807) is 14.2 Å². The molecule has 6 heteroatoms. The van der Waals surface area contributed by atoms with E-state index < -0.39 is 0 Å². The fourth-order valence-electron chi connectivity index (χ4n) is 1.69. The second kappa shape index (κ2) is 9.44. The molecule has 0 heterocycles. The van der Waals surface area contributed by atoms with Crippen LogP contribution in [-0.4, -0.2) is 39.8 Å². The third kappa shape index (κ3) is 5.27. The van der Waals surface area contributed by atoms with Gasteiger partial charge in [0, 0.05) is 18.2 Å². The largest absolute Gasteiger partial charge is 0.496 e. The Morgan fingerprint density at radius 2 is 1.80 bits per heavy atom. The Labute approximate surface area is 126 Å². The number of hydrogen-bond acceptors (Lipinski definition) is 4. The molecule has 1 atom stereocenters. The average Bonchev–Trinajstić information content (AvgIpc) is 2.44. The molecule has 0 radical (unpaired) electrons. The van der Waals surface area contributed by atoms with E-state index in [2.05, 4.69) is 10.6 Å². The Morgan fingerprint density at radius 1 is 1.25 bits per heavy atom. The molecule has 0 saturated carbocycles. The Hall–Kier alpha value is -1.46. The first-order valence-corrected chi connectivity index (χ1v) is 6.26. The summed E-state index contributed by atoms with van der Waals surface area (Å²) in [6.45, 7) is 2.59. The van der Waals surface area contributed by atoms with Gasteiger partial charge in [0.1, 0.15) is 11.5 Å². The normalized spacial score (nSPS) is 11.2. The average molecular weight is 303 g/mol. The lowest BCUT2D eigenvalue weighted by Crippen LogP contribution is -2.37. The van der Waals surface area contributed by atoms with Gasteiger partial charge < -0.3 is 20.1 Å². The zero-order valence-electron chi connectivity index (χ0n) is 12.4. The van der Waals surface area contributed by atoms with Crippen LogP contribution in [0.4, 0.5) is 0 Å². The number of likely N-dealkylation sites (N-methyl/N-ethyl adjacent to an activating group) is 1. The molecule has 0 bridgehead atoms. The summed E-state index contributed by atoms with van der Waals surface area (Å²) in [6, 6.07) is 5.72. The van der Waals surface area contributed by atoms with Crippen LogP contribution in [0, 0.1) is 0 Å². The highest BCUT2D eigenvalue weighted by Gasteiger charge is 2.14. The van der Waals surface area contributed by atoms with Crippen molar-refractivity contribution in [3.63, 3.8) is 0 Å². The van der Waals surface area contributed by atoms with Crippen molar-refractivity contribution in [3.05, 3.63) is 23.8 Å². The third-order valence-corrected chi connectivity index (χ3v) is 2.97. The van der Waals surface area contributed by atoms with Crippen molar-refractivity contribution in [1.29, 1.82) is 0 Å². The minimum absolute atomic E-state index is 0. The van der Waals surface area contributed by atoms with Crippen molar-refractivity contribution in [1.82, 2.24) is 10.6 Å². The van der Waals surface area contributed by atoms with Crippen LogP contribution in [0.2, 0.25) is 0 Å². The van der Waals surface area contributed by atoms with Crippen molar-refractivity contribution in [2.24, 2.45) is 0 Å². The van der Waals surface area contributed by atoms with Crippen LogP contribution in [0.3, 0.4) is 0 Å². The summed E-state index contributed by atoms with van der Waals surface area (Å²) in [5, 5.41) is 5.94. The molecule has 2 N–H and O–H groups in total. The molecule has 1 aromatic carbocycles. The van der Waals surface area contributed by atoms with Gasteiger partial charge >= 0.3 is 0 Å². The minimum Gasteiger partial charge on any atom is -0.496 e. The van der Waals surface area contributed by atoms with Crippen LogP contribution in [0.25, 0.3) is 0 Å². The van der Waals surface area contributed by atoms with E-state index in [0.717, 1.165) is 5.56 Å². The Morgan fingerprint density at radius 3 is 2.25 bits per heavy atom. The van der Waals surface area contributed by atoms with Crippen LogP contribution < -0.4 is 20.1 Å². The molecule has 114 valence electrons. The van der Waals surface area contributed by atoms with Crippen molar-refractivity contribution in [2.75, 3.05) is 27.8 Å². The maximum Gasteiger partial charge on any atom is 0.224 e. The molecule has 0 aliphatic carbocycles. The van der Waals surface area contributed by atoms with Crippen LogP contribution in [0.5, 0.6) is 11.5 Å². The summed E-state index contributed by atoms with van der Waals surface area (Å²) >= 11 is 0. The lowest BCUT2D eigenvalue weighted by atomic mass is 10.1. The van der Waals surface area contributed by atoms with Gasteiger partial charge in [-0.2, -0.15) is 0 Å². The highest BCUT2D eigenvalue weighted by molar-refractivity contribution is 5.85. The van der Waals surface area contributed by atoms with Crippen molar-refractivity contribution >= 4 is 18.3 Å². The molecule has 20 heavy (non-hydrogen) atoms. The number of methoxy groups -OCH3 is 2. The molecule has 0 saturated heterocycles. The van der Waals surface area contributed by atoms with Crippen LogP contribution in [0.1, 0.15) is 12.5 Å². The first kappa shape index (κ1) is 18.5. The monoisotopic (exact) mass is 302 g/mol. The molecule has 1 amide bonds. The number of carbonyl (C=O) groups is 1. The predicted molar refractivity (Wildman–Crippen MR) is 82.0 cm³/mol. The second-order valence-electron chi connectivity index (χ2n) is 4.31. The van der Waals surface area contributed by atoms with Gasteiger partial charge in [-0.05, 0) is 26.1 Å². The van der Waals surface area contributed by atoms with Crippen LogP contribution in [-0.2, 0) is 11.2 Å². The quantitative estimate of drug-likeness (QED) is 0.799. The minimum atomic E-state index is -0.0510.